The van der Waals surface area contributed by atoms with E-state index in [-0.39, 0.29) is 37.7 Å². The molecule has 3 aromatic rings. The monoisotopic (exact) mass is 671 g/mol. The first kappa shape index (κ1) is 32.3. The molecule has 11 heteroatoms. The summed E-state index contributed by atoms with van der Waals surface area (Å²) in [6.45, 7) is 3.62. The molecule has 0 saturated heterocycles. The number of nitrogens with one attached hydrogen (secondary N) is 1. The predicted molar refractivity (Wildman–Crippen MR) is 171 cm³/mol. The quantitative estimate of drug-likeness (QED) is 0.261. The van der Waals surface area contributed by atoms with E-state index in [2.05, 4.69) is 21.2 Å². The van der Waals surface area contributed by atoms with Gasteiger partial charge in [0.15, 0.2) is 11.5 Å². The van der Waals surface area contributed by atoms with Crippen LogP contribution < -0.4 is 19.1 Å². The van der Waals surface area contributed by atoms with Gasteiger partial charge in [0, 0.05) is 43.0 Å². The first-order valence-corrected chi connectivity index (χ1v) is 17.0. The summed E-state index contributed by atoms with van der Waals surface area (Å²) in [6, 6.07) is 21.5. The Morgan fingerprint density at radius 2 is 1.65 bits per heavy atom. The fourth-order valence-corrected chi connectivity index (χ4v) is 6.12. The number of amides is 2. The van der Waals surface area contributed by atoms with Crippen molar-refractivity contribution in [2.45, 2.75) is 45.2 Å². The Hall–Kier alpha value is -3.57. The molecular formula is C32H38BrN3O6S. The summed E-state index contributed by atoms with van der Waals surface area (Å²) in [5, 5.41) is 2.97. The Morgan fingerprint density at radius 3 is 2.33 bits per heavy atom. The molecule has 1 unspecified atom stereocenters. The fraction of sp³-hybridized carbons (Fsp3) is 0.375. The molecule has 0 aliphatic carbocycles. The molecule has 4 rings (SSSR count). The van der Waals surface area contributed by atoms with Gasteiger partial charge in [-0.2, -0.15) is 0 Å². The topological polar surface area (TPSA) is 105 Å². The van der Waals surface area contributed by atoms with Gasteiger partial charge in [0.25, 0.3) is 0 Å². The number of ether oxygens (including phenoxy) is 2. The van der Waals surface area contributed by atoms with E-state index >= 15 is 0 Å². The summed E-state index contributed by atoms with van der Waals surface area (Å²) in [4.78, 5) is 29.0. The van der Waals surface area contributed by atoms with Crippen LogP contribution in [-0.4, -0.2) is 63.7 Å². The van der Waals surface area contributed by atoms with Gasteiger partial charge in [0.05, 0.1) is 11.9 Å². The van der Waals surface area contributed by atoms with E-state index in [4.69, 9.17) is 9.47 Å². The lowest BCUT2D eigenvalue weighted by Gasteiger charge is -2.32. The average Bonchev–Trinajstić information content (AvgIpc) is 3.00. The number of benzene rings is 3. The van der Waals surface area contributed by atoms with Crippen molar-refractivity contribution < 1.29 is 27.5 Å². The second kappa shape index (κ2) is 15.2. The van der Waals surface area contributed by atoms with Crippen LogP contribution in [0.2, 0.25) is 0 Å². The van der Waals surface area contributed by atoms with Crippen LogP contribution in [0.5, 0.6) is 11.5 Å². The molecule has 0 radical (unpaired) electrons. The predicted octanol–water partition coefficient (Wildman–Crippen LogP) is 4.93. The van der Waals surface area contributed by atoms with E-state index < -0.39 is 16.1 Å². The van der Waals surface area contributed by atoms with Gasteiger partial charge in [-0.1, -0.05) is 65.3 Å². The Balaban J connectivity index is 1.56. The molecule has 9 nitrogen and oxygen atoms in total. The highest BCUT2D eigenvalue weighted by Crippen LogP contribution is 2.35. The molecule has 1 aliphatic rings. The number of hydrogen-bond acceptors (Lipinski definition) is 6. The number of carbonyl (C=O) groups is 2. The SMILES string of the molecule is CCCNC(=O)C(Cc1ccccc1)N(Cc1ccc(Br)cc1)C(=O)CCCN(c1ccc2c(c1)OCCO2)S(C)(=O)=O. The average molecular weight is 673 g/mol. The minimum absolute atomic E-state index is 0.0550. The Labute approximate surface area is 262 Å². The van der Waals surface area contributed by atoms with Crippen LogP contribution in [0.4, 0.5) is 5.69 Å². The molecule has 0 saturated carbocycles. The van der Waals surface area contributed by atoms with Crippen LogP contribution in [0.1, 0.15) is 37.3 Å². The lowest BCUT2D eigenvalue weighted by atomic mass is 10.0. The summed E-state index contributed by atoms with van der Waals surface area (Å²) in [7, 11) is -3.65. The highest BCUT2D eigenvalue weighted by molar-refractivity contribution is 9.10. The molecule has 0 aromatic heterocycles. The maximum absolute atomic E-state index is 13.9. The first-order chi connectivity index (χ1) is 20.7. The molecule has 230 valence electrons. The number of carbonyl (C=O) groups excluding carboxylic acids is 2. The lowest BCUT2D eigenvalue weighted by molar-refractivity contribution is -0.141. The second-order valence-corrected chi connectivity index (χ2v) is 13.2. The minimum Gasteiger partial charge on any atom is -0.486 e. The highest BCUT2D eigenvalue weighted by atomic mass is 79.9. The van der Waals surface area contributed by atoms with Gasteiger partial charge in [-0.05, 0) is 48.2 Å². The van der Waals surface area contributed by atoms with Crippen molar-refractivity contribution in [3.63, 3.8) is 0 Å². The highest BCUT2D eigenvalue weighted by Gasteiger charge is 2.30. The Morgan fingerprint density at radius 1 is 0.953 bits per heavy atom. The number of anilines is 1. The Bertz CT molecular complexity index is 1480. The fourth-order valence-electron chi connectivity index (χ4n) is 4.90. The van der Waals surface area contributed by atoms with E-state index in [0.29, 0.717) is 43.4 Å². The lowest BCUT2D eigenvalue weighted by Crippen LogP contribution is -2.50. The number of halogens is 1. The summed E-state index contributed by atoms with van der Waals surface area (Å²) in [6.07, 6.45) is 2.57. The van der Waals surface area contributed by atoms with Crippen molar-refractivity contribution in [2.24, 2.45) is 0 Å². The van der Waals surface area contributed by atoms with Crippen molar-refractivity contribution in [2.75, 3.05) is 36.9 Å². The van der Waals surface area contributed by atoms with Gasteiger partial charge in [0.1, 0.15) is 19.3 Å². The number of hydrogen-bond donors (Lipinski definition) is 1. The number of rotatable bonds is 14. The minimum atomic E-state index is -3.65. The van der Waals surface area contributed by atoms with Crippen molar-refractivity contribution in [1.29, 1.82) is 0 Å². The van der Waals surface area contributed by atoms with Crippen LogP contribution in [0, 0.1) is 0 Å². The first-order valence-electron chi connectivity index (χ1n) is 14.4. The van der Waals surface area contributed by atoms with E-state index in [0.717, 1.165) is 28.3 Å². The van der Waals surface area contributed by atoms with Gasteiger partial charge >= 0.3 is 0 Å². The molecule has 1 heterocycles. The van der Waals surface area contributed by atoms with Crippen LogP contribution >= 0.6 is 15.9 Å². The second-order valence-electron chi connectivity index (χ2n) is 10.4. The molecule has 0 spiro atoms. The summed E-state index contributed by atoms with van der Waals surface area (Å²) < 4.78 is 39.0. The third kappa shape index (κ3) is 9.21. The molecular weight excluding hydrogens is 634 g/mol. The van der Waals surface area contributed by atoms with E-state index in [9.17, 15) is 18.0 Å². The van der Waals surface area contributed by atoms with Crippen molar-refractivity contribution in [3.8, 4) is 11.5 Å². The van der Waals surface area contributed by atoms with E-state index in [1.807, 2.05) is 61.5 Å². The summed E-state index contributed by atoms with van der Waals surface area (Å²) in [5.41, 5.74) is 2.26. The summed E-state index contributed by atoms with van der Waals surface area (Å²) >= 11 is 3.46. The number of fused-ring (bicyclic) bond motifs is 1. The van der Waals surface area contributed by atoms with Gasteiger partial charge in [-0.3, -0.25) is 13.9 Å². The molecule has 0 bridgehead atoms. The van der Waals surface area contributed by atoms with Crippen LogP contribution in [-0.2, 0) is 32.6 Å². The van der Waals surface area contributed by atoms with Crippen LogP contribution in [0.25, 0.3) is 0 Å². The molecule has 3 aromatic carbocycles. The maximum Gasteiger partial charge on any atom is 0.243 e. The third-order valence-corrected chi connectivity index (χ3v) is 8.78. The van der Waals surface area contributed by atoms with Gasteiger partial charge < -0.3 is 19.7 Å². The summed E-state index contributed by atoms with van der Waals surface area (Å²) in [5.74, 6) is 0.598. The number of nitrogens with zero attached hydrogens (tertiary/aromatic N) is 2. The molecule has 43 heavy (non-hydrogen) atoms. The normalized spacial score (nSPS) is 13.2. The zero-order valence-corrected chi connectivity index (χ0v) is 26.9. The smallest absolute Gasteiger partial charge is 0.243 e. The molecule has 0 fully saturated rings. The van der Waals surface area contributed by atoms with E-state index in [1.54, 1.807) is 23.1 Å². The molecule has 1 N–H and O–H groups in total. The Kier molecular flexibility index (Phi) is 11.5. The molecule has 1 aliphatic heterocycles. The van der Waals surface area contributed by atoms with Gasteiger partial charge in [-0.15, -0.1) is 0 Å². The van der Waals surface area contributed by atoms with Crippen LogP contribution in [0.15, 0.2) is 77.3 Å². The van der Waals surface area contributed by atoms with E-state index in [1.165, 1.54) is 4.31 Å². The van der Waals surface area contributed by atoms with Crippen molar-refractivity contribution >= 4 is 43.5 Å². The number of sulfonamides is 1. The standard InChI is InChI=1S/C32H38BrN3O6S/c1-3-17-34-32(38)28(21-24-8-5-4-6-9-24)35(23-25-11-13-26(33)14-12-25)31(37)10-7-18-36(43(2,39)40)27-15-16-29-30(22-27)42-20-19-41-29/h4-6,8-9,11-16,22,28H,3,7,10,17-21,23H2,1-2H3,(H,34,38). The van der Waals surface area contributed by atoms with Crippen LogP contribution in [0.3, 0.4) is 0 Å². The van der Waals surface area contributed by atoms with Gasteiger partial charge in [-0.25, -0.2) is 8.42 Å². The molecule has 2 amide bonds. The van der Waals surface area contributed by atoms with Gasteiger partial charge in [0.2, 0.25) is 21.8 Å². The van der Waals surface area contributed by atoms with Crippen molar-refractivity contribution in [1.82, 2.24) is 10.2 Å². The largest absolute Gasteiger partial charge is 0.486 e. The molecule has 1 atom stereocenters. The zero-order chi connectivity index (χ0) is 30.8. The van der Waals surface area contributed by atoms with Crippen molar-refractivity contribution in [3.05, 3.63) is 88.4 Å². The third-order valence-electron chi connectivity index (χ3n) is 7.05. The maximum atomic E-state index is 13.9. The zero-order valence-electron chi connectivity index (χ0n) is 24.5.